The van der Waals surface area contributed by atoms with Gasteiger partial charge < -0.3 is 19.1 Å². The summed E-state index contributed by atoms with van der Waals surface area (Å²) in [6.45, 7) is 5.73. The molecule has 1 atom stereocenters. The summed E-state index contributed by atoms with van der Waals surface area (Å²) in [5.74, 6) is 0.576. The monoisotopic (exact) mass is 307 g/mol. The highest BCUT2D eigenvalue weighted by molar-refractivity contribution is 5.97. The Bertz CT molecular complexity index is 485. The molecule has 0 unspecified atom stereocenters. The zero-order valence-corrected chi connectivity index (χ0v) is 13.6. The van der Waals surface area contributed by atoms with Crippen LogP contribution in [0.5, 0.6) is 5.75 Å². The van der Waals surface area contributed by atoms with Gasteiger partial charge in [-0.05, 0) is 38.8 Å². The third-order valence-electron chi connectivity index (χ3n) is 3.87. The van der Waals surface area contributed by atoms with Crippen molar-refractivity contribution in [2.45, 2.75) is 39.0 Å². The molecule has 0 N–H and O–H groups in total. The summed E-state index contributed by atoms with van der Waals surface area (Å²) in [4.78, 5) is 14.7. The van der Waals surface area contributed by atoms with Crippen molar-refractivity contribution < 1.29 is 19.0 Å². The Morgan fingerprint density at radius 1 is 1.27 bits per heavy atom. The van der Waals surface area contributed by atoms with Crippen LogP contribution in [-0.2, 0) is 9.47 Å². The average molecular weight is 307 g/mol. The van der Waals surface area contributed by atoms with Crippen molar-refractivity contribution in [3.63, 3.8) is 0 Å². The van der Waals surface area contributed by atoms with Crippen LogP contribution in [0, 0.1) is 0 Å². The van der Waals surface area contributed by atoms with E-state index in [9.17, 15) is 4.79 Å². The van der Waals surface area contributed by atoms with Crippen LogP contribution in [0.15, 0.2) is 24.3 Å². The summed E-state index contributed by atoms with van der Waals surface area (Å²) in [6.07, 6.45) is 1.49. The molecule has 1 aliphatic rings. The first-order chi connectivity index (χ1) is 10.7. The third kappa shape index (κ3) is 3.59. The molecule has 0 aromatic heterocycles. The van der Waals surface area contributed by atoms with E-state index < -0.39 is 0 Å². The first kappa shape index (κ1) is 16.8. The van der Waals surface area contributed by atoms with Gasteiger partial charge >= 0.3 is 0 Å². The maximum Gasteiger partial charge on any atom is 0.258 e. The second kappa shape index (κ2) is 8.15. The van der Waals surface area contributed by atoms with Crippen molar-refractivity contribution in [1.29, 1.82) is 0 Å². The molecule has 5 heteroatoms. The molecule has 0 bridgehead atoms. The lowest BCUT2D eigenvalue weighted by Crippen LogP contribution is -2.45. The first-order valence-electron chi connectivity index (χ1n) is 7.90. The van der Waals surface area contributed by atoms with Gasteiger partial charge in [-0.3, -0.25) is 4.79 Å². The van der Waals surface area contributed by atoms with Crippen LogP contribution >= 0.6 is 0 Å². The van der Waals surface area contributed by atoms with Gasteiger partial charge in [0.15, 0.2) is 6.29 Å². The number of nitrogens with zero attached hydrogens (tertiary/aromatic N) is 1. The highest BCUT2D eigenvalue weighted by Gasteiger charge is 2.36. The smallest absolute Gasteiger partial charge is 0.258 e. The Hall–Kier alpha value is -1.59. The Kier molecular flexibility index (Phi) is 6.21. The molecule has 0 aliphatic carbocycles. The predicted molar refractivity (Wildman–Crippen MR) is 84.1 cm³/mol. The molecule has 0 saturated carbocycles. The maximum absolute atomic E-state index is 12.9. The van der Waals surface area contributed by atoms with Gasteiger partial charge in [0.2, 0.25) is 0 Å². The van der Waals surface area contributed by atoms with E-state index in [0.29, 0.717) is 24.5 Å². The van der Waals surface area contributed by atoms with Crippen molar-refractivity contribution >= 4 is 5.91 Å². The van der Waals surface area contributed by atoms with E-state index in [1.54, 1.807) is 19.2 Å². The number of rotatable bonds is 7. The second-order valence-corrected chi connectivity index (χ2v) is 5.19. The van der Waals surface area contributed by atoms with Gasteiger partial charge in [-0.15, -0.1) is 0 Å². The van der Waals surface area contributed by atoms with E-state index in [1.165, 1.54) is 0 Å². The quantitative estimate of drug-likeness (QED) is 0.727. The number of para-hydroxylation sites is 1. The van der Waals surface area contributed by atoms with Crippen molar-refractivity contribution in [3.8, 4) is 5.75 Å². The molecular weight excluding hydrogens is 282 g/mol. The zero-order valence-electron chi connectivity index (χ0n) is 13.6. The molecule has 1 aromatic carbocycles. The van der Waals surface area contributed by atoms with E-state index in [0.717, 1.165) is 19.4 Å². The third-order valence-corrected chi connectivity index (χ3v) is 3.87. The van der Waals surface area contributed by atoms with E-state index in [4.69, 9.17) is 14.2 Å². The summed E-state index contributed by atoms with van der Waals surface area (Å²) in [5.41, 5.74) is 0.587. The topological polar surface area (TPSA) is 48.0 Å². The minimum absolute atomic E-state index is 0.0237. The van der Waals surface area contributed by atoms with Gasteiger partial charge in [0.05, 0.1) is 18.7 Å². The largest absolute Gasteiger partial charge is 0.496 e. The Morgan fingerprint density at radius 2 is 1.95 bits per heavy atom. The lowest BCUT2D eigenvalue weighted by Gasteiger charge is -2.31. The van der Waals surface area contributed by atoms with Crippen LogP contribution in [0.2, 0.25) is 0 Å². The summed E-state index contributed by atoms with van der Waals surface area (Å²) >= 11 is 0. The molecular formula is C17H25NO4. The Balaban J connectivity index is 2.20. The number of carbonyl (C=O) groups excluding carboxylic acids is 1. The molecule has 122 valence electrons. The molecule has 1 aromatic rings. The zero-order chi connectivity index (χ0) is 15.9. The van der Waals surface area contributed by atoms with Crippen LogP contribution in [0.4, 0.5) is 0 Å². The standard InChI is InChI=1S/C17H25NO4/c1-4-21-17(22-5-2)14-10-8-12-18(14)16(19)13-9-6-7-11-15(13)20-3/h6-7,9,11,14,17H,4-5,8,10,12H2,1-3H3/t14-/m0/s1. The average Bonchev–Trinajstić information content (AvgIpc) is 3.03. The molecule has 1 heterocycles. The molecule has 1 aliphatic heterocycles. The van der Waals surface area contributed by atoms with E-state index >= 15 is 0 Å². The van der Waals surface area contributed by atoms with Gasteiger partial charge in [0, 0.05) is 19.8 Å². The number of likely N-dealkylation sites (tertiary alicyclic amines) is 1. The summed E-state index contributed by atoms with van der Waals surface area (Å²) in [6, 6.07) is 7.27. The molecule has 1 saturated heterocycles. The van der Waals surface area contributed by atoms with Gasteiger partial charge in [0.1, 0.15) is 5.75 Å². The predicted octanol–water partition coefficient (Wildman–Crippen LogP) is 2.70. The lowest BCUT2D eigenvalue weighted by molar-refractivity contribution is -0.163. The van der Waals surface area contributed by atoms with Crippen LogP contribution in [0.1, 0.15) is 37.0 Å². The summed E-state index contributed by atoms with van der Waals surface area (Å²) in [5, 5.41) is 0. The number of ether oxygens (including phenoxy) is 3. The molecule has 0 radical (unpaired) electrons. The van der Waals surface area contributed by atoms with Crippen molar-refractivity contribution in [1.82, 2.24) is 4.90 Å². The fraction of sp³-hybridized carbons (Fsp3) is 0.588. The number of hydrogen-bond acceptors (Lipinski definition) is 4. The SMILES string of the molecule is CCOC(OCC)[C@@H]1CCCN1C(=O)c1ccccc1OC. The number of benzene rings is 1. The van der Waals surface area contributed by atoms with E-state index in [2.05, 4.69) is 0 Å². The van der Waals surface area contributed by atoms with Gasteiger partial charge in [-0.25, -0.2) is 0 Å². The van der Waals surface area contributed by atoms with Crippen molar-refractivity contribution in [2.24, 2.45) is 0 Å². The molecule has 2 rings (SSSR count). The molecule has 22 heavy (non-hydrogen) atoms. The van der Waals surface area contributed by atoms with Crippen LogP contribution in [0.25, 0.3) is 0 Å². The molecule has 1 amide bonds. The minimum atomic E-state index is -0.365. The number of hydrogen-bond donors (Lipinski definition) is 0. The maximum atomic E-state index is 12.9. The normalized spacial score (nSPS) is 18.0. The number of carbonyl (C=O) groups is 1. The van der Waals surface area contributed by atoms with Crippen LogP contribution in [0.3, 0.4) is 0 Å². The minimum Gasteiger partial charge on any atom is -0.496 e. The lowest BCUT2D eigenvalue weighted by atomic mass is 10.1. The molecule has 0 spiro atoms. The van der Waals surface area contributed by atoms with E-state index in [1.807, 2.05) is 30.9 Å². The summed E-state index contributed by atoms with van der Waals surface area (Å²) < 4.78 is 16.7. The van der Waals surface area contributed by atoms with Crippen LogP contribution in [-0.4, -0.2) is 50.0 Å². The van der Waals surface area contributed by atoms with Gasteiger partial charge in [0.25, 0.3) is 5.91 Å². The fourth-order valence-corrected chi connectivity index (χ4v) is 2.90. The number of amides is 1. The Labute approximate surface area is 132 Å². The van der Waals surface area contributed by atoms with Crippen molar-refractivity contribution in [2.75, 3.05) is 26.9 Å². The second-order valence-electron chi connectivity index (χ2n) is 5.19. The summed E-state index contributed by atoms with van der Waals surface area (Å²) in [7, 11) is 1.58. The Morgan fingerprint density at radius 3 is 2.59 bits per heavy atom. The van der Waals surface area contributed by atoms with Crippen LogP contribution < -0.4 is 4.74 Å². The van der Waals surface area contributed by atoms with Gasteiger partial charge in [-0.2, -0.15) is 0 Å². The molecule has 5 nitrogen and oxygen atoms in total. The fourth-order valence-electron chi connectivity index (χ4n) is 2.90. The van der Waals surface area contributed by atoms with Gasteiger partial charge in [-0.1, -0.05) is 12.1 Å². The highest BCUT2D eigenvalue weighted by atomic mass is 16.7. The highest BCUT2D eigenvalue weighted by Crippen LogP contribution is 2.27. The molecule has 1 fully saturated rings. The first-order valence-corrected chi connectivity index (χ1v) is 7.90. The number of methoxy groups -OCH3 is 1. The van der Waals surface area contributed by atoms with Crippen molar-refractivity contribution in [3.05, 3.63) is 29.8 Å². The van der Waals surface area contributed by atoms with E-state index in [-0.39, 0.29) is 18.2 Å².